The highest BCUT2D eigenvalue weighted by Gasteiger charge is 2.42. The monoisotopic (exact) mass is 381 g/mol. The van der Waals surface area contributed by atoms with Crippen LogP contribution in [0.2, 0.25) is 0 Å². The highest BCUT2D eigenvalue weighted by atomic mass is 32.2. The number of thioether (sulfide) groups is 1. The Balaban J connectivity index is 1.47. The molecule has 3 aliphatic heterocycles. The third-order valence-corrected chi connectivity index (χ3v) is 6.54. The fourth-order valence-corrected chi connectivity index (χ4v) is 5.39. The first-order valence-corrected chi connectivity index (χ1v) is 10.3. The molecule has 1 spiro atoms. The summed E-state index contributed by atoms with van der Waals surface area (Å²) in [4.78, 5) is 17.9. The van der Waals surface area contributed by atoms with E-state index in [4.69, 9.17) is 16.5 Å². The Morgan fingerprint density at radius 3 is 2.59 bits per heavy atom. The van der Waals surface area contributed by atoms with E-state index in [1.165, 1.54) is 17.7 Å². The summed E-state index contributed by atoms with van der Waals surface area (Å²) in [5, 5.41) is 3.28. The lowest BCUT2D eigenvalue weighted by atomic mass is 9.87. The van der Waals surface area contributed by atoms with Gasteiger partial charge in [0, 0.05) is 17.6 Å². The van der Waals surface area contributed by atoms with Gasteiger partial charge in [-0.15, -0.1) is 0 Å². The SMILES string of the molecule is NC1=NC2(CCCCC2)N(c2ccc(C3=CSC4=NCCN34)cc2)C(N)=N1. The van der Waals surface area contributed by atoms with Crippen LogP contribution in [0, 0.1) is 0 Å². The van der Waals surface area contributed by atoms with E-state index < -0.39 is 5.66 Å². The average Bonchev–Trinajstić information content (AvgIpc) is 3.26. The van der Waals surface area contributed by atoms with Crippen LogP contribution in [0.4, 0.5) is 5.69 Å². The fourth-order valence-electron chi connectivity index (χ4n) is 4.42. The second kappa shape index (κ2) is 6.30. The average molecular weight is 382 g/mol. The molecule has 0 amide bonds. The molecule has 7 nitrogen and oxygen atoms in total. The van der Waals surface area contributed by atoms with Crippen molar-refractivity contribution in [3.8, 4) is 0 Å². The van der Waals surface area contributed by atoms with Gasteiger partial charge in [0.05, 0.1) is 12.2 Å². The summed E-state index contributed by atoms with van der Waals surface area (Å²) in [6, 6.07) is 8.52. The van der Waals surface area contributed by atoms with Gasteiger partial charge < -0.3 is 16.4 Å². The number of benzene rings is 1. The van der Waals surface area contributed by atoms with Gasteiger partial charge >= 0.3 is 0 Å². The molecule has 0 unspecified atom stereocenters. The molecule has 27 heavy (non-hydrogen) atoms. The zero-order chi connectivity index (χ0) is 18.4. The number of nitrogens with zero attached hydrogens (tertiary/aromatic N) is 5. The van der Waals surface area contributed by atoms with Crippen LogP contribution < -0.4 is 16.4 Å². The van der Waals surface area contributed by atoms with Crippen LogP contribution in [0.25, 0.3) is 5.70 Å². The van der Waals surface area contributed by atoms with E-state index in [1.54, 1.807) is 11.8 Å². The van der Waals surface area contributed by atoms with Crippen LogP contribution in [0.5, 0.6) is 0 Å². The van der Waals surface area contributed by atoms with Gasteiger partial charge in [0.1, 0.15) is 5.66 Å². The Hall–Kier alpha value is -2.48. The number of hydrogen-bond donors (Lipinski definition) is 2. The molecule has 5 rings (SSSR count). The molecule has 0 bridgehead atoms. The highest BCUT2D eigenvalue weighted by Crippen LogP contribution is 2.40. The van der Waals surface area contributed by atoms with Gasteiger partial charge in [-0.05, 0) is 43.4 Å². The van der Waals surface area contributed by atoms with Gasteiger partial charge in [-0.25, -0.2) is 4.99 Å². The summed E-state index contributed by atoms with van der Waals surface area (Å²) >= 11 is 1.70. The third-order valence-electron chi connectivity index (χ3n) is 5.64. The van der Waals surface area contributed by atoms with Crippen LogP contribution in [-0.2, 0) is 0 Å². The van der Waals surface area contributed by atoms with Crippen LogP contribution >= 0.6 is 11.8 Å². The van der Waals surface area contributed by atoms with Gasteiger partial charge in [-0.2, -0.15) is 4.99 Å². The Bertz CT molecular complexity index is 878. The number of guanidine groups is 2. The number of anilines is 1. The first-order valence-electron chi connectivity index (χ1n) is 9.45. The van der Waals surface area contributed by atoms with Crippen LogP contribution in [0.1, 0.15) is 37.7 Å². The molecule has 140 valence electrons. The summed E-state index contributed by atoms with van der Waals surface area (Å²) in [5.41, 5.74) is 15.3. The predicted molar refractivity (Wildman–Crippen MR) is 113 cm³/mol. The molecule has 0 saturated heterocycles. The molecule has 1 fully saturated rings. The minimum Gasteiger partial charge on any atom is -0.369 e. The zero-order valence-corrected chi connectivity index (χ0v) is 16.0. The highest BCUT2D eigenvalue weighted by molar-refractivity contribution is 8.16. The summed E-state index contributed by atoms with van der Waals surface area (Å²) in [6.45, 7) is 1.83. The van der Waals surface area contributed by atoms with Gasteiger partial charge in [0.2, 0.25) is 11.9 Å². The van der Waals surface area contributed by atoms with Crippen LogP contribution in [0.15, 0.2) is 44.7 Å². The van der Waals surface area contributed by atoms with E-state index in [-0.39, 0.29) is 5.96 Å². The van der Waals surface area contributed by atoms with Crippen LogP contribution in [0.3, 0.4) is 0 Å². The minimum atomic E-state index is -0.396. The maximum atomic E-state index is 6.31. The van der Waals surface area contributed by atoms with Gasteiger partial charge in [-0.3, -0.25) is 9.89 Å². The van der Waals surface area contributed by atoms with Gasteiger partial charge in [-0.1, -0.05) is 30.3 Å². The summed E-state index contributed by atoms with van der Waals surface area (Å²) in [7, 11) is 0. The van der Waals surface area contributed by atoms with E-state index in [9.17, 15) is 0 Å². The molecule has 0 atom stereocenters. The van der Waals surface area contributed by atoms with Crippen molar-refractivity contribution in [1.29, 1.82) is 0 Å². The van der Waals surface area contributed by atoms with E-state index in [1.807, 2.05) is 0 Å². The number of aliphatic imine (C=N–C) groups is 3. The molecule has 4 N–H and O–H groups in total. The van der Waals surface area contributed by atoms with Crippen molar-refractivity contribution in [3.63, 3.8) is 0 Å². The maximum Gasteiger partial charge on any atom is 0.220 e. The lowest BCUT2D eigenvalue weighted by molar-refractivity contribution is 0.305. The first kappa shape index (κ1) is 16.7. The van der Waals surface area contributed by atoms with E-state index >= 15 is 0 Å². The molecule has 4 aliphatic rings. The number of hydrogen-bond acceptors (Lipinski definition) is 8. The van der Waals surface area contributed by atoms with Crippen molar-refractivity contribution in [2.45, 2.75) is 37.8 Å². The standard InChI is InChI=1S/C19H23N7S/c20-16-23-17(21)26(19(24-16)8-2-1-3-9-19)14-6-4-13(5-7-14)15-12-27-18-22-10-11-25(15)18/h4-7,12H,1-3,8-11H2,(H4,20,21,23,24). The van der Waals surface area contributed by atoms with Crippen molar-refractivity contribution in [2.75, 3.05) is 18.0 Å². The molecule has 1 aliphatic carbocycles. The quantitative estimate of drug-likeness (QED) is 0.821. The Labute approximate surface area is 162 Å². The molecule has 1 aromatic rings. The Kier molecular flexibility index (Phi) is 3.89. The van der Waals surface area contributed by atoms with Crippen molar-refractivity contribution >= 4 is 40.2 Å². The smallest absolute Gasteiger partial charge is 0.220 e. The largest absolute Gasteiger partial charge is 0.369 e. The van der Waals surface area contributed by atoms with Gasteiger partial charge in [0.15, 0.2) is 5.17 Å². The fraction of sp³-hybridized carbons (Fsp3) is 0.421. The number of fused-ring (bicyclic) bond motifs is 1. The number of nitrogens with two attached hydrogens (primary N) is 2. The predicted octanol–water partition coefficient (Wildman–Crippen LogP) is 2.51. The van der Waals surface area contributed by atoms with Crippen molar-refractivity contribution < 1.29 is 0 Å². The van der Waals surface area contributed by atoms with Gasteiger partial charge in [0.25, 0.3) is 0 Å². The minimum absolute atomic E-state index is 0.288. The first-order chi connectivity index (χ1) is 13.2. The summed E-state index contributed by atoms with van der Waals surface area (Å²) in [5.74, 6) is 0.720. The van der Waals surface area contributed by atoms with Crippen molar-refractivity contribution in [2.24, 2.45) is 26.4 Å². The second-order valence-electron chi connectivity index (χ2n) is 7.30. The molecule has 0 aromatic heterocycles. The number of amidine groups is 1. The van der Waals surface area contributed by atoms with E-state index in [0.717, 1.165) is 49.6 Å². The number of rotatable bonds is 2. The lowest BCUT2D eigenvalue weighted by Crippen LogP contribution is -2.58. The molecular weight excluding hydrogens is 358 g/mol. The molecule has 1 saturated carbocycles. The lowest BCUT2D eigenvalue weighted by Gasteiger charge is -2.45. The van der Waals surface area contributed by atoms with Crippen molar-refractivity contribution in [1.82, 2.24) is 4.90 Å². The molecule has 1 aromatic carbocycles. The maximum absolute atomic E-state index is 6.31. The molecule has 3 heterocycles. The van der Waals surface area contributed by atoms with Crippen LogP contribution in [-0.4, -0.2) is 40.7 Å². The Morgan fingerprint density at radius 1 is 1.04 bits per heavy atom. The Morgan fingerprint density at radius 2 is 1.81 bits per heavy atom. The topological polar surface area (TPSA) is 95.6 Å². The molecule has 0 radical (unpaired) electrons. The van der Waals surface area contributed by atoms with E-state index in [2.05, 4.69) is 49.5 Å². The summed E-state index contributed by atoms with van der Waals surface area (Å²) < 4.78 is 0. The third kappa shape index (κ3) is 2.70. The molecule has 8 heteroatoms. The van der Waals surface area contributed by atoms with Crippen molar-refractivity contribution in [3.05, 3.63) is 35.2 Å². The zero-order valence-electron chi connectivity index (χ0n) is 15.1. The van der Waals surface area contributed by atoms with E-state index in [0.29, 0.717) is 5.96 Å². The second-order valence-corrected chi connectivity index (χ2v) is 8.14. The summed E-state index contributed by atoms with van der Waals surface area (Å²) in [6.07, 6.45) is 5.37. The normalized spacial score (nSPS) is 23.7. The molecular formula is C19H23N7S.